The van der Waals surface area contributed by atoms with Gasteiger partial charge in [0.05, 0.1) is 25.2 Å². The molecule has 1 N–H and O–H groups in total. The van der Waals surface area contributed by atoms with E-state index in [9.17, 15) is 4.79 Å². The van der Waals surface area contributed by atoms with Crippen LogP contribution >= 0.6 is 11.8 Å². The minimum Gasteiger partial charge on any atom is -0.497 e. The molecule has 2 aromatic heterocycles. The monoisotopic (exact) mass is 414 g/mol. The number of thioether (sulfide) groups is 1. The lowest BCUT2D eigenvalue weighted by Gasteiger charge is -2.14. The van der Waals surface area contributed by atoms with Crippen LogP contribution in [0.1, 0.15) is 32.6 Å². The molecule has 0 spiro atoms. The number of hydrogen-bond acceptors (Lipinski definition) is 6. The maximum Gasteiger partial charge on any atom is 0.231 e. The van der Waals surface area contributed by atoms with E-state index in [0.717, 1.165) is 34.6 Å². The highest BCUT2D eigenvalue weighted by atomic mass is 32.2. The number of carbonyl (C=O) groups excluding carboxylic acids is 1. The van der Waals surface area contributed by atoms with E-state index < -0.39 is 0 Å². The Balaban J connectivity index is 1.71. The van der Waals surface area contributed by atoms with Gasteiger partial charge in [-0.15, -0.1) is 10.2 Å². The fraction of sp³-hybridized carbons (Fsp3) is 0.381. The summed E-state index contributed by atoms with van der Waals surface area (Å²) in [6.07, 6.45) is 1.60. The molecule has 0 aliphatic rings. The molecule has 7 nitrogen and oxygen atoms in total. The average molecular weight is 415 g/mol. The third kappa shape index (κ3) is 5.41. The van der Waals surface area contributed by atoms with Crippen molar-refractivity contribution < 1.29 is 13.9 Å². The highest BCUT2D eigenvalue weighted by Gasteiger charge is 2.18. The van der Waals surface area contributed by atoms with Crippen LogP contribution in [0.15, 0.2) is 52.2 Å². The lowest BCUT2D eigenvalue weighted by atomic mass is 10.2. The van der Waals surface area contributed by atoms with E-state index in [0.29, 0.717) is 5.92 Å². The van der Waals surface area contributed by atoms with Crippen molar-refractivity contribution in [2.45, 2.75) is 38.5 Å². The zero-order valence-electron chi connectivity index (χ0n) is 17.1. The Morgan fingerprint density at radius 2 is 1.97 bits per heavy atom. The minimum absolute atomic E-state index is 0.0796. The number of hydrogen-bond donors (Lipinski definition) is 1. The first-order chi connectivity index (χ1) is 14.0. The van der Waals surface area contributed by atoms with Gasteiger partial charge in [0, 0.05) is 12.1 Å². The van der Waals surface area contributed by atoms with Gasteiger partial charge in [0.2, 0.25) is 5.91 Å². The molecule has 1 aromatic carbocycles. The standard InChI is InChI=1S/C21H26N4O3S/c1-14(2)12-25-20(16-7-9-17(27-4)10-8-16)23-24-21(25)29-13-19(26)22-15(3)18-6-5-11-28-18/h5-11,14-15H,12-13H2,1-4H3,(H,22,26)/t15-/m0/s1. The van der Waals surface area contributed by atoms with Crippen LogP contribution in [0.25, 0.3) is 11.4 Å². The molecule has 3 rings (SSSR count). The van der Waals surface area contributed by atoms with Gasteiger partial charge in [0.1, 0.15) is 11.5 Å². The maximum atomic E-state index is 12.4. The molecular weight excluding hydrogens is 388 g/mol. The molecular formula is C21H26N4O3S. The predicted molar refractivity (Wildman–Crippen MR) is 113 cm³/mol. The smallest absolute Gasteiger partial charge is 0.231 e. The molecule has 0 aliphatic heterocycles. The van der Waals surface area contributed by atoms with Crippen molar-refractivity contribution >= 4 is 17.7 Å². The van der Waals surface area contributed by atoms with Crippen molar-refractivity contribution in [1.29, 1.82) is 0 Å². The van der Waals surface area contributed by atoms with Gasteiger partial charge >= 0.3 is 0 Å². The maximum absolute atomic E-state index is 12.4. The van der Waals surface area contributed by atoms with Gasteiger partial charge in [-0.3, -0.25) is 4.79 Å². The summed E-state index contributed by atoms with van der Waals surface area (Å²) in [5.41, 5.74) is 0.960. The van der Waals surface area contributed by atoms with Crippen molar-refractivity contribution in [3.05, 3.63) is 48.4 Å². The predicted octanol–water partition coefficient (Wildman–Crippen LogP) is 4.17. The Kier molecular flexibility index (Phi) is 6.98. The molecule has 0 aliphatic carbocycles. The van der Waals surface area contributed by atoms with Crippen LogP contribution in [0.3, 0.4) is 0 Å². The van der Waals surface area contributed by atoms with Crippen molar-refractivity contribution in [3.8, 4) is 17.1 Å². The van der Waals surface area contributed by atoms with Gasteiger partial charge in [0.25, 0.3) is 0 Å². The summed E-state index contributed by atoms with van der Waals surface area (Å²) in [5, 5.41) is 12.4. The number of rotatable bonds is 9. The Labute approximate surface area is 174 Å². The number of methoxy groups -OCH3 is 1. The van der Waals surface area contributed by atoms with Crippen LogP contribution < -0.4 is 10.1 Å². The number of carbonyl (C=O) groups is 1. The fourth-order valence-corrected chi connectivity index (χ4v) is 3.66. The lowest BCUT2D eigenvalue weighted by molar-refractivity contribution is -0.119. The van der Waals surface area contributed by atoms with Crippen molar-refractivity contribution in [3.63, 3.8) is 0 Å². The Bertz CT molecular complexity index is 920. The zero-order valence-corrected chi connectivity index (χ0v) is 17.9. The minimum atomic E-state index is -0.179. The van der Waals surface area contributed by atoms with Gasteiger partial charge in [-0.1, -0.05) is 25.6 Å². The van der Waals surface area contributed by atoms with Crippen LogP contribution in [-0.4, -0.2) is 33.5 Å². The molecule has 0 bridgehead atoms. The van der Waals surface area contributed by atoms with E-state index in [2.05, 4.69) is 33.9 Å². The molecule has 1 amide bonds. The first-order valence-corrected chi connectivity index (χ1v) is 10.5. The van der Waals surface area contributed by atoms with Crippen LogP contribution in [0.5, 0.6) is 5.75 Å². The first-order valence-electron chi connectivity index (χ1n) is 9.51. The highest BCUT2D eigenvalue weighted by molar-refractivity contribution is 7.99. The average Bonchev–Trinajstić information content (AvgIpc) is 3.36. The number of aromatic nitrogens is 3. The Morgan fingerprint density at radius 3 is 2.59 bits per heavy atom. The van der Waals surface area contributed by atoms with E-state index in [1.165, 1.54) is 11.8 Å². The normalized spacial score (nSPS) is 12.2. The number of furan rings is 1. The number of amides is 1. The molecule has 0 saturated heterocycles. The van der Waals surface area contributed by atoms with Gasteiger partial charge in [-0.2, -0.15) is 0 Å². The largest absolute Gasteiger partial charge is 0.497 e. The van der Waals surface area contributed by atoms with Crippen LogP contribution in [0, 0.1) is 5.92 Å². The summed E-state index contributed by atoms with van der Waals surface area (Å²) in [6.45, 7) is 6.94. The second-order valence-electron chi connectivity index (χ2n) is 7.13. The van der Waals surface area contributed by atoms with E-state index in [1.807, 2.05) is 43.3 Å². The summed E-state index contributed by atoms with van der Waals surface area (Å²) in [6, 6.07) is 11.2. The van der Waals surface area contributed by atoms with E-state index in [1.54, 1.807) is 13.4 Å². The SMILES string of the molecule is COc1ccc(-c2nnc(SCC(=O)N[C@@H](C)c3ccco3)n2CC(C)C)cc1. The Hall–Kier alpha value is -2.74. The van der Waals surface area contributed by atoms with Crippen molar-refractivity contribution in [2.75, 3.05) is 12.9 Å². The van der Waals surface area contributed by atoms with Crippen molar-refractivity contribution in [2.24, 2.45) is 5.92 Å². The zero-order chi connectivity index (χ0) is 20.8. The molecule has 3 aromatic rings. The van der Waals surface area contributed by atoms with Crippen LogP contribution in [-0.2, 0) is 11.3 Å². The third-order valence-corrected chi connectivity index (χ3v) is 5.26. The molecule has 2 heterocycles. The van der Waals surface area contributed by atoms with E-state index in [-0.39, 0.29) is 17.7 Å². The molecule has 8 heteroatoms. The lowest BCUT2D eigenvalue weighted by Crippen LogP contribution is -2.28. The van der Waals surface area contributed by atoms with Crippen LogP contribution in [0.4, 0.5) is 0 Å². The third-order valence-electron chi connectivity index (χ3n) is 4.29. The van der Waals surface area contributed by atoms with E-state index >= 15 is 0 Å². The first kappa shape index (κ1) is 21.0. The summed E-state index contributed by atoms with van der Waals surface area (Å²) in [5.74, 6) is 2.89. The summed E-state index contributed by atoms with van der Waals surface area (Å²) >= 11 is 1.38. The molecule has 0 radical (unpaired) electrons. The molecule has 29 heavy (non-hydrogen) atoms. The number of benzene rings is 1. The number of nitrogens with one attached hydrogen (secondary N) is 1. The van der Waals surface area contributed by atoms with Gasteiger partial charge < -0.3 is 19.0 Å². The molecule has 154 valence electrons. The number of nitrogens with zero attached hydrogens (tertiary/aromatic N) is 3. The Morgan fingerprint density at radius 1 is 1.21 bits per heavy atom. The summed E-state index contributed by atoms with van der Waals surface area (Å²) in [4.78, 5) is 12.4. The van der Waals surface area contributed by atoms with Gasteiger partial charge in [-0.25, -0.2) is 0 Å². The fourth-order valence-electron chi connectivity index (χ4n) is 2.90. The summed E-state index contributed by atoms with van der Waals surface area (Å²) in [7, 11) is 1.64. The highest BCUT2D eigenvalue weighted by Crippen LogP contribution is 2.26. The second kappa shape index (κ2) is 9.65. The molecule has 0 fully saturated rings. The van der Waals surface area contributed by atoms with Crippen molar-refractivity contribution in [1.82, 2.24) is 20.1 Å². The van der Waals surface area contributed by atoms with E-state index in [4.69, 9.17) is 9.15 Å². The topological polar surface area (TPSA) is 82.2 Å². The van der Waals surface area contributed by atoms with Crippen LogP contribution in [0.2, 0.25) is 0 Å². The molecule has 1 atom stereocenters. The second-order valence-corrected chi connectivity index (χ2v) is 8.07. The quantitative estimate of drug-likeness (QED) is 0.529. The number of ether oxygens (including phenoxy) is 1. The van der Waals surface area contributed by atoms with Gasteiger partial charge in [0.15, 0.2) is 11.0 Å². The van der Waals surface area contributed by atoms with Gasteiger partial charge in [-0.05, 0) is 49.2 Å². The molecule has 0 unspecified atom stereocenters. The molecule has 0 saturated carbocycles. The summed E-state index contributed by atoms with van der Waals surface area (Å²) < 4.78 is 12.6.